The summed E-state index contributed by atoms with van der Waals surface area (Å²) in [5.74, 6) is 0.890. The molecule has 0 amide bonds. The van der Waals surface area contributed by atoms with E-state index in [2.05, 4.69) is 13.8 Å². The fraction of sp³-hybridized carbons (Fsp3) is 0.167. The van der Waals surface area contributed by atoms with Crippen LogP contribution in [0.2, 0.25) is 0 Å². The molecule has 3 heteroatoms. The molecule has 140 valence electrons. The maximum atomic E-state index is 9.41. The zero-order chi connectivity index (χ0) is 19.6. The van der Waals surface area contributed by atoms with Crippen molar-refractivity contribution in [3.63, 3.8) is 0 Å². The van der Waals surface area contributed by atoms with Crippen molar-refractivity contribution in [1.29, 1.82) is 0 Å². The van der Waals surface area contributed by atoms with Crippen LogP contribution in [0.15, 0.2) is 78.9 Å². The van der Waals surface area contributed by atoms with Gasteiger partial charge in [0.2, 0.25) is 0 Å². The molecule has 0 radical (unpaired) electrons. The number of phenols is 3. The van der Waals surface area contributed by atoms with Crippen LogP contribution in [-0.2, 0) is 0 Å². The fourth-order valence-corrected chi connectivity index (χ4v) is 2.94. The van der Waals surface area contributed by atoms with Crippen LogP contribution in [0.4, 0.5) is 0 Å². The zero-order valence-corrected chi connectivity index (χ0v) is 15.8. The minimum Gasteiger partial charge on any atom is -0.508 e. The molecular weight excluding hydrogens is 336 g/mol. The van der Waals surface area contributed by atoms with Crippen molar-refractivity contribution in [2.75, 3.05) is 0 Å². The van der Waals surface area contributed by atoms with Gasteiger partial charge in [-0.25, -0.2) is 0 Å². The first kappa shape index (κ1) is 20.1. The summed E-state index contributed by atoms with van der Waals surface area (Å²) in [5, 5.41) is 27.5. The van der Waals surface area contributed by atoms with Gasteiger partial charge in [-0.15, -0.1) is 0 Å². The Balaban J connectivity index is 0.000000313. The van der Waals surface area contributed by atoms with Gasteiger partial charge < -0.3 is 15.3 Å². The molecule has 0 aliphatic heterocycles. The highest BCUT2D eigenvalue weighted by Gasteiger charge is 2.09. The Labute approximate surface area is 160 Å². The van der Waals surface area contributed by atoms with E-state index in [1.807, 2.05) is 30.3 Å². The van der Waals surface area contributed by atoms with E-state index in [1.165, 1.54) is 11.1 Å². The highest BCUT2D eigenvalue weighted by Crippen LogP contribution is 2.32. The van der Waals surface area contributed by atoms with Gasteiger partial charge in [0.25, 0.3) is 0 Å². The number of aromatic hydroxyl groups is 3. The van der Waals surface area contributed by atoms with Crippen molar-refractivity contribution in [3.8, 4) is 17.2 Å². The molecule has 27 heavy (non-hydrogen) atoms. The Bertz CT molecular complexity index is 793. The van der Waals surface area contributed by atoms with Crippen LogP contribution in [0, 0.1) is 0 Å². The van der Waals surface area contributed by atoms with E-state index in [0.29, 0.717) is 5.75 Å². The molecule has 0 heterocycles. The number of benzene rings is 3. The lowest BCUT2D eigenvalue weighted by atomic mass is 9.91. The van der Waals surface area contributed by atoms with Gasteiger partial charge >= 0.3 is 0 Å². The van der Waals surface area contributed by atoms with E-state index in [0.717, 1.165) is 24.0 Å². The molecule has 0 aromatic heterocycles. The van der Waals surface area contributed by atoms with Crippen LogP contribution in [0.3, 0.4) is 0 Å². The van der Waals surface area contributed by atoms with Crippen LogP contribution in [0.1, 0.15) is 37.8 Å². The maximum absolute atomic E-state index is 9.41. The largest absolute Gasteiger partial charge is 0.508 e. The summed E-state index contributed by atoms with van der Waals surface area (Å²) in [6.07, 6.45) is 1.85. The molecule has 3 aromatic carbocycles. The van der Waals surface area contributed by atoms with Gasteiger partial charge in [-0.2, -0.15) is 0 Å². The zero-order valence-electron chi connectivity index (χ0n) is 15.8. The quantitative estimate of drug-likeness (QED) is 0.483. The Morgan fingerprint density at radius 2 is 0.852 bits per heavy atom. The Kier molecular flexibility index (Phi) is 7.50. The van der Waals surface area contributed by atoms with E-state index < -0.39 is 0 Å². The molecule has 3 rings (SSSR count). The normalized spacial score (nSPS) is 11.2. The summed E-state index contributed by atoms with van der Waals surface area (Å²) in [7, 11) is 0. The Hall–Kier alpha value is -3.20. The molecule has 0 saturated carbocycles. The van der Waals surface area contributed by atoms with E-state index in [4.69, 9.17) is 5.11 Å². The summed E-state index contributed by atoms with van der Waals surface area (Å²) in [4.78, 5) is 0. The molecule has 0 aliphatic carbocycles. The smallest absolute Gasteiger partial charge is 0.115 e. The topological polar surface area (TPSA) is 60.7 Å². The van der Waals surface area contributed by atoms with Crippen LogP contribution < -0.4 is 0 Å². The first-order valence-electron chi connectivity index (χ1n) is 9.10. The second kappa shape index (κ2) is 10.1. The molecule has 3 N–H and O–H groups in total. The monoisotopic (exact) mass is 362 g/mol. The average molecular weight is 362 g/mol. The number of rotatable bonds is 4. The van der Waals surface area contributed by atoms with Gasteiger partial charge in [0.05, 0.1) is 0 Å². The predicted molar refractivity (Wildman–Crippen MR) is 112 cm³/mol. The summed E-state index contributed by atoms with van der Waals surface area (Å²) in [6.45, 7) is 4.27. The molecule has 0 aliphatic rings. The van der Waals surface area contributed by atoms with Crippen molar-refractivity contribution in [1.82, 2.24) is 0 Å². The van der Waals surface area contributed by atoms with Crippen molar-refractivity contribution >= 4 is 11.1 Å². The molecule has 0 atom stereocenters. The fourth-order valence-electron chi connectivity index (χ4n) is 2.94. The van der Waals surface area contributed by atoms with Crippen molar-refractivity contribution in [2.24, 2.45) is 0 Å². The highest BCUT2D eigenvalue weighted by molar-refractivity contribution is 5.90. The summed E-state index contributed by atoms with van der Waals surface area (Å²) in [6, 6.07) is 23.4. The van der Waals surface area contributed by atoms with Crippen molar-refractivity contribution in [2.45, 2.75) is 26.7 Å². The Morgan fingerprint density at radius 3 is 1.11 bits per heavy atom. The van der Waals surface area contributed by atoms with Gasteiger partial charge in [-0.05, 0) is 71.5 Å². The van der Waals surface area contributed by atoms with E-state index in [-0.39, 0.29) is 11.5 Å². The molecule has 0 bridgehead atoms. The number of para-hydroxylation sites is 1. The third kappa shape index (κ3) is 5.93. The lowest BCUT2D eigenvalue weighted by Gasteiger charge is -2.14. The van der Waals surface area contributed by atoms with E-state index in [9.17, 15) is 10.2 Å². The van der Waals surface area contributed by atoms with Crippen LogP contribution in [0.25, 0.3) is 11.1 Å². The molecule has 0 fully saturated rings. The SMILES string of the molecule is CC/C(=C(/CC)c1ccc(O)cc1)c1ccc(O)cc1.Oc1ccccc1. The van der Waals surface area contributed by atoms with Crippen LogP contribution in [-0.4, -0.2) is 15.3 Å². The number of phenolic OH excluding ortho intramolecular Hbond substituents is 3. The van der Waals surface area contributed by atoms with Crippen molar-refractivity contribution in [3.05, 3.63) is 90.0 Å². The molecular formula is C24H26O3. The second-order valence-electron chi connectivity index (χ2n) is 6.09. The Morgan fingerprint density at radius 1 is 0.519 bits per heavy atom. The second-order valence-corrected chi connectivity index (χ2v) is 6.09. The van der Waals surface area contributed by atoms with Crippen molar-refractivity contribution < 1.29 is 15.3 Å². The minimum atomic E-state index is 0.284. The number of allylic oxidation sites excluding steroid dienone is 2. The standard InChI is InChI=1S/C18H20O2.C6H6O/c1-3-17(13-5-9-15(19)10-6-13)18(4-2)14-7-11-16(20)12-8-14;7-6-4-2-1-3-5-6/h5-12,19-20H,3-4H2,1-2H3;1-5,7H/b18-17+;. The lowest BCUT2D eigenvalue weighted by molar-refractivity contribution is 0.474. The third-order valence-electron chi connectivity index (χ3n) is 4.26. The first-order chi connectivity index (χ1) is 13.0. The molecule has 0 unspecified atom stereocenters. The summed E-state index contributed by atoms with van der Waals surface area (Å²) in [5.41, 5.74) is 4.82. The number of hydrogen-bond acceptors (Lipinski definition) is 3. The summed E-state index contributed by atoms with van der Waals surface area (Å²) < 4.78 is 0. The molecule has 3 nitrogen and oxygen atoms in total. The third-order valence-corrected chi connectivity index (χ3v) is 4.26. The molecule has 0 spiro atoms. The van der Waals surface area contributed by atoms with Gasteiger partial charge in [0, 0.05) is 0 Å². The van der Waals surface area contributed by atoms with Gasteiger partial charge in [0.15, 0.2) is 0 Å². The summed E-state index contributed by atoms with van der Waals surface area (Å²) >= 11 is 0. The van der Waals surface area contributed by atoms with E-state index in [1.54, 1.807) is 48.5 Å². The van der Waals surface area contributed by atoms with Gasteiger partial charge in [-0.1, -0.05) is 56.3 Å². The first-order valence-corrected chi connectivity index (χ1v) is 9.10. The number of hydrogen-bond donors (Lipinski definition) is 3. The minimum absolute atomic E-state index is 0.284. The van der Waals surface area contributed by atoms with Gasteiger partial charge in [0.1, 0.15) is 17.2 Å². The van der Waals surface area contributed by atoms with Gasteiger partial charge in [-0.3, -0.25) is 0 Å². The van der Waals surface area contributed by atoms with E-state index >= 15 is 0 Å². The maximum Gasteiger partial charge on any atom is 0.115 e. The van der Waals surface area contributed by atoms with Crippen LogP contribution >= 0.6 is 0 Å². The predicted octanol–water partition coefficient (Wildman–Crippen LogP) is 6.22. The average Bonchev–Trinajstić information content (AvgIpc) is 2.69. The molecule has 3 aromatic rings. The highest BCUT2D eigenvalue weighted by atomic mass is 16.3. The van der Waals surface area contributed by atoms with Crippen LogP contribution in [0.5, 0.6) is 17.2 Å². The molecule has 0 saturated heterocycles. The lowest BCUT2D eigenvalue weighted by Crippen LogP contribution is -1.91.